The van der Waals surface area contributed by atoms with Gasteiger partial charge in [0.25, 0.3) is 0 Å². The van der Waals surface area contributed by atoms with Crippen LogP contribution < -0.4 is 9.47 Å². The maximum atomic E-state index is 10.4. The molecule has 1 aliphatic heterocycles. The Morgan fingerprint density at radius 1 is 1.10 bits per heavy atom. The van der Waals surface area contributed by atoms with Crippen LogP contribution >= 0.6 is 0 Å². The number of fused-ring (bicyclic) bond motifs is 1. The number of H-pyrrole nitrogens is 1. The summed E-state index contributed by atoms with van der Waals surface area (Å²) in [7, 11) is 1.71. The van der Waals surface area contributed by atoms with Crippen molar-refractivity contribution in [3.8, 4) is 11.5 Å². The number of benzene rings is 2. The first kappa shape index (κ1) is 20.8. The van der Waals surface area contributed by atoms with E-state index >= 15 is 0 Å². The number of nitrogens with one attached hydrogen (secondary N) is 1. The Balaban J connectivity index is 1.39. The maximum Gasteiger partial charge on any atom is 0.123 e. The number of para-hydroxylation sites is 1. The molecule has 0 amide bonds. The van der Waals surface area contributed by atoms with E-state index in [1.807, 2.05) is 25.1 Å². The van der Waals surface area contributed by atoms with Crippen LogP contribution in [0.15, 0.2) is 48.7 Å². The van der Waals surface area contributed by atoms with Gasteiger partial charge in [0.1, 0.15) is 11.5 Å². The van der Waals surface area contributed by atoms with Crippen LogP contribution in [0.1, 0.15) is 37.3 Å². The van der Waals surface area contributed by atoms with Gasteiger partial charge in [-0.15, -0.1) is 0 Å². The molecule has 0 spiro atoms. The Bertz CT molecular complexity index is 979. The van der Waals surface area contributed by atoms with Crippen LogP contribution in [0.4, 0.5) is 0 Å². The van der Waals surface area contributed by atoms with Crippen molar-refractivity contribution in [1.29, 1.82) is 0 Å². The van der Waals surface area contributed by atoms with Gasteiger partial charge in [-0.05, 0) is 62.6 Å². The second-order valence-electron chi connectivity index (χ2n) is 8.56. The van der Waals surface area contributed by atoms with Crippen LogP contribution in [0.3, 0.4) is 0 Å². The third kappa shape index (κ3) is 4.97. The zero-order valence-corrected chi connectivity index (χ0v) is 18.0. The molecule has 160 valence electrons. The average molecular weight is 409 g/mol. The fraction of sp³-hybridized carbons (Fsp3) is 0.440. The number of aliphatic hydroxyl groups is 1. The lowest BCUT2D eigenvalue weighted by Gasteiger charge is -2.23. The third-order valence-corrected chi connectivity index (χ3v) is 6.12. The summed E-state index contributed by atoms with van der Waals surface area (Å²) >= 11 is 0. The lowest BCUT2D eigenvalue weighted by Crippen LogP contribution is -2.28. The van der Waals surface area contributed by atoms with Crippen molar-refractivity contribution in [1.82, 2.24) is 9.88 Å². The minimum atomic E-state index is -0.549. The molecule has 5 heteroatoms. The number of aromatic nitrogens is 1. The number of methoxy groups -OCH3 is 1. The maximum absolute atomic E-state index is 10.4. The summed E-state index contributed by atoms with van der Waals surface area (Å²) in [5.74, 6) is 1.75. The highest BCUT2D eigenvalue weighted by Crippen LogP contribution is 2.28. The van der Waals surface area contributed by atoms with E-state index in [9.17, 15) is 5.11 Å². The minimum Gasteiger partial charge on any atom is -0.496 e. The number of hydrogen-bond donors (Lipinski definition) is 2. The first-order valence-electron chi connectivity index (χ1n) is 10.8. The quantitative estimate of drug-likeness (QED) is 0.603. The molecule has 1 atom stereocenters. The van der Waals surface area contributed by atoms with E-state index in [1.165, 1.54) is 10.9 Å². The number of likely N-dealkylation sites (tertiary alicyclic amines) is 1. The van der Waals surface area contributed by atoms with Crippen LogP contribution in [-0.2, 0) is 13.0 Å². The predicted octanol–water partition coefficient (Wildman–Crippen LogP) is 4.53. The van der Waals surface area contributed by atoms with Crippen molar-refractivity contribution in [2.24, 2.45) is 0 Å². The molecular formula is C25H32N2O3. The monoisotopic (exact) mass is 408 g/mol. The predicted molar refractivity (Wildman–Crippen MR) is 120 cm³/mol. The first-order valence-corrected chi connectivity index (χ1v) is 10.8. The van der Waals surface area contributed by atoms with Gasteiger partial charge in [0.15, 0.2) is 0 Å². The molecule has 0 bridgehead atoms. The van der Waals surface area contributed by atoms with Gasteiger partial charge in [-0.2, -0.15) is 0 Å². The Morgan fingerprint density at radius 3 is 2.83 bits per heavy atom. The molecule has 4 rings (SSSR count). The standard InChI is InChI=1S/C25H32N2O3/c1-25(28)11-5-13-27(14-12-25)18-20-16-21(8-9-24(20)29-2)30-15-10-19-17-26-23-7-4-3-6-22(19)23/h3-4,6-9,16-17,26,28H,5,10-15,18H2,1-2H3. The Morgan fingerprint density at radius 2 is 1.97 bits per heavy atom. The van der Waals surface area contributed by atoms with E-state index in [4.69, 9.17) is 9.47 Å². The largest absolute Gasteiger partial charge is 0.496 e. The number of ether oxygens (including phenoxy) is 2. The Kier molecular flexibility index (Phi) is 6.30. The van der Waals surface area contributed by atoms with E-state index in [0.717, 1.165) is 67.9 Å². The number of rotatable bonds is 7. The molecule has 0 aliphatic carbocycles. The summed E-state index contributed by atoms with van der Waals surface area (Å²) < 4.78 is 11.7. The SMILES string of the molecule is COc1ccc(OCCc2c[nH]c3ccccc23)cc1CN1CCCC(C)(O)CC1. The third-order valence-electron chi connectivity index (χ3n) is 6.12. The summed E-state index contributed by atoms with van der Waals surface area (Å²) in [6.07, 6.45) is 5.60. The zero-order valence-electron chi connectivity index (χ0n) is 18.0. The summed E-state index contributed by atoms with van der Waals surface area (Å²) in [4.78, 5) is 5.72. The molecule has 2 aromatic carbocycles. The molecule has 2 heterocycles. The highest BCUT2D eigenvalue weighted by atomic mass is 16.5. The second-order valence-corrected chi connectivity index (χ2v) is 8.56. The number of nitrogens with zero attached hydrogens (tertiary/aromatic N) is 1. The Hall–Kier alpha value is -2.50. The van der Waals surface area contributed by atoms with Crippen LogP contribution in [0.25, 0.3) is 10.9 Å². The van der Waals surface area contributed by atoms with Crippen molar-refractivity contribution in [2.75, 3.05) is 26.8 Å². The summed E-state index contributed by atoms with van der Waals surface area (Å²) in [5, 5.41) is 11.6. The van der Waals surface area contributed by atoms with Gasteiger partial charge in [-0.1, -0.05) is 18.2 Å². The van der Waals surface area contributed by atoms with Crippen LogP contribution in [0.2, 0.25) is 0 Å². The highest BCUT2D eigenvalue weighted by Gasteiger charge is 2.25. The normalized spacial score (nSPS) is 20.2. The molecule has 0 radical (unpaired) electrons. The van der Waals surface area contributed by atoms with Gasteiger partial charge < -0.3 is 19.6 Å². The topological polar surface area (TPSA) is 57.7 Å². The van der Waals surface area contributed by atoms with Crippen molar-refractivity contribution in [2.45, 2.75) is 44.8 Å². The van der Waals surface area contributed by atoms with Gasteiger partial charge in [-0.3, -0.25) is 4.90 Å². The number of hydrogen-bond acceptors (Lipinski definition) is 4. The molecule has 1 saturated heterocycles. The minimum absolute atomic E-state index is 0.549. The molecule has 1 aromatic heterocycles. The lowest BCUT2D eigenvalue weighted by molar-refractivity contribution is 0.0444. The average Bonchev–Trinajstić information content (AvgIpc) is 3.07. The van der Waals surface area contributed by atoms with Gasteiger partial charge >= 0.3 is 0 Å². The van der Waals surface area contributed by atoms with E-state index in [0.29, 0.717) is 6.61 Å². The fourth-order valence-electron chi connectivity index (χ4n) is 4.30. The fourth-order valence-corrected chi connectivity index (χ4v) is 4.30. The van der Waals surface area contributed by atoms with Gasteiger partial charge in [0, 0.05) is 42.2 Å². The van der Waals surface area contributed by atoms with Crippen LogP contribution in [0.5, 0.6) is 11.5 Å². The summed E-state index contributed by atoms with van der Waals surface area (Å²) in [6.45, 7) is 5.26. The van der Waals surface area contributed by atoms with E-state index in [-0.39, 0.29) is 0 Å². The molecule has 30 heavy (non-hydrogen) atoms. The van der Waals surface area contributed by atoms with Crippen molar-refractivity contribution >= 4 is 10.9 Å². The van der Waals surface area contributed by atoms with Crippen LogP contribution in [0, 0.1) is 0 Å². The van der Waals surface area contributed by atoms with E-state index in [1.54, 1.807) is 7.11 Å². The van der Waals surface area contributed by atoms with E-state index in [2.05, 4.69) is 40.3 Å². The summed E-state index contributed by atoms with van der Waals surface area (Å²) in [6, 6.07) is 14.4. The van der Waals surface area contributed by atoms with Crippen LogP contribution in [-0.4, -0.2) is 47.4 Å². The lowest BCUT2D eigenvalue weighted by atomic mass is 9.98. The Labute approximate surface area is 178 Å². The van der Waals surface area contributed by atoms with Crippen molar-refractivity contribution in [3.63, 3.8) is 0 Å². The van der Waals surface area contributed by atoms with Crippen molar-refractivity contribution < 1.29 is 14.6 Å². The molecule has 0 saturated carbocycles. The zero-order chi connectivity index (χ0) is 21.0. The highest BCUT2D eigenvalue weighted by molar-refractivity contribution is 5.83. The smallest absolute Gasteiger partial charge is 0.123 e. The second kappa shape index (κ2) is 9.11. The van der Waals surface area contributed by atoms with Gasteiger partial charge in [-0.25, -0.2) is 0 Å². The van der Waals surface area contributed by atoms with Gasteiger partial charge in [0.05, 0.1) is 19.3 Å². The van der Waals surface area contributed by atoms with Crippen molar-refractivity contribution in [3.05, 3.63) is 59.8 Å². The first-order chi connectivity index (χ1) is 14.5. The molecular weight excluding hydrogens is 376 g/mol. The van der Waals surface area contributed by atoms with Gasteiger partial charge in [0.2, 0.25) is 0 Å². The molecule has 1 unspecified atom stereocenters. The molecule has 1 fully saturated rings. The molecule has 2 N–H and O–H groups in total. The summed E-state index contributed by atoms with van der Waals surface area (Å²) in [5.41, 5.74) is 3.02. The molecule has 1 aliphatic rings. The molecule has 5 nitrogen and oxygen atoms in total. The number of aromatic amines is 1. The molecule has 3 aromatic rings. The van der Waals surface area contributed by atoms with E-state index < -0.39 is 5.60 Å².